The van der Waals surface area contributed by atoms with E-state index in [0.29, 0.717) is 27.4 Å². The van der Waals surface area contributed by atoms with Crippen molar-refractivity contribution in [2.75, 3.05) is 6.54 Å². The molecule has 6 nitrogen and oxygen atoms in total. The summed E-state index contributed by atoms with van der Waals surface area (Å²) >= 11 is 5.95. The molecule has 8 heteroatoms. The van der Waals surface area contributed by atoms with Crippen molar-refractivity contribution in [3.8, 4) is 5.69 Å². The highest BCUT2D eigenvalue weighted by Crippen LogP contribution is 2.28. The Balaban J connectivity index is 1.93. The van der Waals surface area contributed by atoms with Crippen LogP contribution in [0.2, 0.25) is 5.02 Å². The first-order chi connectivity index (χ1) is 15.7. The van der Waals surface area contributed by atoms with E-state index in [4.69, 9.17) is 16.6 Å². The first-order valence-corrected chi connectivity index (χ1v) is 12.4. The number of aromatic nitrogens is 2. The second-order valence-corrected chi connectivity index (χ2v) is 10.1. The van der Waals surface area contributed by atoms with Crippen molar-refractivity contribution in [2.24, 2.45) is 0 Å². The minimum absolute atomic E-state index is 0.130. The molecule has 0 saturated heterocycles. The maximum Gasteiger partial charge on any atom is 0.266 e. The summed E-state index contributed by atoms with van der Waals surface area (Å²) in [6.45, 7) is 5.67. The highest BCUT2D eigenvalue weighted by molar-refractivity contribution is 7.89. The molecule has 33 heavy (non-hydrogen) atoms. The predicted molar refractivity (Wildman–Crippen MR) is 132 cm³/mol. The van der Waals surface area contributed by atoms with Crippen molar-refractivity contribution < 1.29 is 8.42 Å². The molecule has 1 aromatic heterocycles. The minimum atomic E-state index is -3.87. The zero-order valence-electron chi connectivity index (χ0n) is 18.6. The van der Waals surface area contributed by atoms with E-state index in [9.17, 15) is 13.2 Å². The summed E-state index contributed by atoms with van der Waals surface area (Å²) in [5, 5.41) is 0.923. The quantitative estimate of drug-likeness (QED) is 0.383. The van der Waals surface area contributed by atoms with Crippen LogP contribution in [-0.2, 0) is 10.0 Å². The first-order valence-electron chi connectivity index (χ1n) is 10.6. The second kappa shape index (κ2) is 9.09. The largest absolute Gasteiger partial charge is 0.268 e. The summed E-state index contributed by atoms with van der Waals surface area (Å²) in [5.74, 6) is 0.349. The van der Waals surface area contributed by atoms with Gasteiger partial charge in [0.2, 0.25) is 10.0 Å². The van der Waals surface area contributed by atoms with E-state index in [-0.39, 0.29) is 17.0 Å². The van der Waals surface area contributed by atoms with Crippen molar-refractivity contribution >= 4 is 32.5 Å². The lowest BCUT2D eigenvalue weighted by Gasteiger charge is -2.28. The zero-order valence-corrected chi connectivity index (χ0v) is 20.1. The number of hydrogen-bond acceptors (Lipinski definition) is 4. The number of fused-ring (bicyclic) bond motifs is 1. The molecule has 1 atom stereocenters. The Morgan fingerprint density at radius 2 is 1.64 bits per heavy atom. The Hall–Kier alpha value is -3.00. The van der Waals surface area contributed by atoms with Crippen molar-refractivity contribution in [3.63, 3.8) is 0 Å². The highest BCUT2D eigenvalue weighted by Gasteiger charge is 2.32. The molecule has 0 fully saturated rings. The van der Waals surface area contributed by atoms with E-state index in [1.807, 2.05) is 37.3 Å². The van der Waals surface area contributed by atoms with E-state index >= 15 is 0 Å². The van der Waals surface area contributed by atoms with Crippen LogP contribution < -0.4 is 5.56 Å². The van der Waals surface area contributed by atoms with Gasteiger partial charge in [0.15, 0.2) is 0 Å². The molecule has 0 amide bonds. The van der Waals surface area contributed by atoms with Gasteiger partial charge in [-0.2, -0.15) is 4.31 Å². The molecule has 0 aliphatic heterocycles. The monoisotopic (exact) mass is 481 g/mol. The van der Waals surface area contributed by atoms with E-state index in [1.54, 1.807) is 44.2 Å². The number of benzene rings is 3. The van der Waals surface area contributed by atoms with Gasteiger partial charge in [-0.3, -0.25) is 9.36 Å². The third kappa shape index (κ3) is 4.31. The van der Waals surface area contributed by atoms with Crippen LogP contribution in [0.3, 0.4) is 0 Å². The maximum atomic E-state index is 13.5. The summed E-state index contributed by atoms with van der Waals surface area (Å²) in [6, 6.07) is 19.9. The van der Waals surface area contributed by atoms with Crippen LogP contribution in [-0.4, -0.2) is 28.8 Å². The third-order valence-electron chi connectivity index (χ3n) is 5.63. The number of rotatable bonds is 6. The van der Waals surface area contributed by atoms with Gasteiger partial charge in [-0.15, -0.1) is 0 Å². The Kier molecular flexibility index (Phi) is 6.38. The molecule has 170 valence electrons. The van der Waals surface area contributed by atoms with Gasteiger partial charge in [-0.25, -0.2) is 13.4 Å². The number of hydrogen-bond donors (Lipinski definition) is 0. The van der Waals surface area contributed by atoms with Gasteiger partial charge in [-0.05, 0) is 62.4 Å². The maximum absolute atomic E-state index is 13.5. The van der Waals surface area contributed by atoms with Crippen molar-refractivity contribution in [1.29, 1.82) is 0 Å². The standard InChI is InChI=1S/C25H24ClN3O3S/c1-4-28(33(31,32)21-15-11-19(26)12-16-21)18(3)24-27-23-8-6-5-7-22(23)25(30)29(24)20-13-9-17(2)10-14-20/h5-16,18H,4H2,1-3H3. The van der Waals surface area contributed by atoms with Crippen LogP contribution in [0.25, 0.3) is 16.6 Å². The normalized spacial score (nSPS) is 12.9. The van der Waals surface area contributed by atoms with Gasteiger partial charge >= 0.3 is 0 Å². The van der Waals surface area contributed by atoms with Crippen molar-refractivity contribution in [1.82, 2.24) is 13.9 Å². The minimum Gasteiger partial charge on any atom is -0.268 e. The second-order valence-electron chi connectivity index (χ2n) is 7.80. The van der Waals surface area contributed by atoms with E-state index < -0.39 is 16.1 Å². The summed E-state index contributed by atoms with van der Waals surface area (Å²) in [7, 11) is -3.87. The van der Waals surface area contributed by atoms with Gasteiger partial charge < -0.3 is 0 Å². The molecule has 0 aliphatic carbocycles. The molecule has 4 rings (SSSR count). The number of sulfonamides is 1. The Morgan fingerprint density at radius 1 is 1.00 bits per heavy atom. The van der Waals surface area contributed by atoms with Crippen molar-refractivity contribution in [2.45, 2.75) is 31.7 Å². The van der Waals surface area contributed by atoms with Crippen LogP contribution in [0.15, 0.2) is 82.5 Å². The fourth-order valence-electron chi connectivity index (χ4n) is 3.90. The molecule has 1 unspecified atom stereocenters. The van der Waals surface area contributed by atoms with Gasteiger partial charge in [0.1, 0.15) is 5.82 Å². The van der Waals surface area contributed by atoms with Crippen molar-refractivity contribution in [3.05, 3.63) is 99.6 Å². The molecule has 3 aromatic carbocycles. The lowest BCUT2D eigenvalue weighted by atomic mass is 10.2. The fraction of sp³-hybridized carbons (Fsp3) is 0.200. The van der Waals surface area contributed by atoms with E-state index in [1.165, 1.54) is 21.0 Å². The van der Waals surface area contributed by atoms with Crippen LogP contribution in [0.4, 0.5) is 0 Å². The van der Waals surface area contributed by atoms with Gasteiger partial charge in [0, 0.05) is 11.6 Å². The topological polar surface area (TPSA) is 72.3 Å². The summed E-state index contributed by atoms with van der Waals surface area (Å²) in [4.78, 5) is 18.4. The van der Waals surface area contributed by atoms with Gasteiger partial charge in [0.05, 0.1) is 27.5 Å². The molecule has 0 saturated carbocycles. The molecule has 0 radical (unpaired) electrons. The van der Waals surface area contributed by atoms with Crippen LogP contribution >= 0.6 is 11.6 Å². The van der Waals surface area contributed by atoms with E-state index in [0.717, 1.165) is 5.56 Å². The average Bonchev–Trinajstić information content (AvgIpc) is 2.80. The van der Waals surface area contributed by atoms with Crippen LogP contribution in [0.5, 0.6) is 0 Å². The SMILES string of the molecule is CCN(C(C)c1nc2ccccc2c(=O)n1-c1ccc(C)cc1)S(=O)(=O)c1ccc(Cl)cc1. The lowest BCUT2D eigenvalue weighted by molar-refractivity contribution is 0.340. The number of aryl methyl sites for hydroxylation is 1. The molecule has 0 spiro atoms. The molecular weight excluding hydrogens is 458 g/mol. The number of para-hydroxylation sites is 1. The van der Waals surface area contributed by atoms with E-state index in [2.05, 4.69) is 0 Å². The smallest absolute Gasteiger partial charge is 0.266 e. The molecular formula is C25H24ClN3O3S. The first kappa shape index (κ1) is 23.2. The molecule has 1 heterocycles. The summed E-state index contributed by atoms with van der Waals surface area (Å²) in [5.41, 5.74) is 1.96. The third-order valence-corrected chi connectivity index (χ3v) is 7.94. The molecule has 0 bridgehead atoms. The molecule has 0 aliphatic rings. The summed E-state index contributed by atoms with van der Waals surface area (Å²) < 4.78 is 29.8. The average molecular weight is 482 g/mol. The highest BCUT2D eigenvalue weighted by atomic mass is 35.5. The van der Waals surface area contributed by atoms with Crippen LogP contribution in [0.1, 0.15) is 31.3 Å². The number of nitrogens with zero attached hydrogens (tertiary/aromatic N) is 3. The van der Waals surface area contributed by atoms with Crippen LogP contribution in [0, 0.1) is 6.92 Å². The van der Waals surface area contributed by atoms with Gasteiger partial charge in [0.25, 0.3) is 5.56 Å². The fourth-order valence-corrected chi connectivity index (χ4v) is 5.62. The lowest BCUT2D eigenvalue weighted by Crippen LogP contribution is -2.37. The van der Waals surface area contributed by atoms with Gasteiger partial charge in [-0.1, -0.05) is 48.4 Å². The predicted octanol–water partition coefficient (Wildman–Crippen LogP) is 5.12. The molecule has 4 aromatic rings. The summed E-state index contributed by atoms with van der Waals surface area (Å²) in [6.07, 6.45) is 0. The Morgan fingerprint density at radius 3 is 2.27 bits per heavy atom. The molecule has 0 N–H and O–H groups in total. The zero-order chi connectivity index (χ0) is 23.8. The number of halogens is 1. The Labute approximate surface area is 198 Å². The Bertz CT molecular complexity index is 1460.